The summed E-state index contributed by atoms with van der Waals surface area (Å²) < 4.78 is 16.3. The van der Waals surface area contributed by atoms with Crippen molar-refractivity contribution < 1.29 is 33.5 Å². The summed E-state index contributed by atoms with van der Waals surface area (Å²) in [6, 6.07) is 11.0. The van der Waals surface area contributed by atoms with Gasteiger partial charge in [0, 0.05) is 12.1 Å². The summed E-state index contributed by atoms with van der Waals surface area (Å²) in [6.07, 6.45) is 1.86. The molecule has 2 amide bonds. The van der Waals surface area contributed by atoms with Gasteiger partial charge in [0.25, 0.3) is 16.8 Å². The van der Waals surface area contributed by atoms with E-state index in [1.54, 1.807) is 37.3 Å². The van der Waals surface area contributed by atoms with Gasteiger partial charge in [-0.3, -0.25) is 29.4 Å². The molecule has 10 nitrogen and oxygen atoms in total. The molecule has 11 heteroatoms. The number of thioether (sulfide) groups is 1. The van der Waals surface area contributed by atoms with Gasteiger partial charge in [0.15, 0.2) is 11.5 Å². The third-order valence-electron chi connectivity index (χ3n) is 5.10. The first-order valence-electron chi connectivity index (χ1n) is 10.7. The Bertz CT molecular complexity index is 1160. The van der Waals surface area contributed by atoms with Crippen molar-refractivity contribution in [2.75, 3.05) is 13.7 Å². The smallest absolute Gasteiger partial charge is 0.326 e. The highest BCUT2D eigenvalue weighted by atomic mass is 32.2. The Labute approximate surface area is 206 Å². The molecule has 184 valence electrons. The number of benzene rings is 2. The van der Waals surface area contributed by atoms with Crippen LogP contribution in [0.25, 0.3) is 6.08 Å². The summed E-state index contributed by atoms with van der Waals surface area (Å²) in [5.74, 6) is -0.376. The number of amides is 2. The largest absolute Gasteiger partial charge is 0.493 e. The Hall–Kier alpha value is -3.86. The van der Waals surface area contributed by atoms with Gasteiger partial charge in [0.2, 0.25) is 0 Å². The van der Waals surface area contributed by atoms with E-state index in [1.807, 2.05) is 6.92 Å². The van der Waals surface area contributed by atoms with Crippen LogP contribution in [-0.2, 0) is 20.9 Å². The Balaban J connectivity index is 1.68. The first-order valence-corrected chi connectivity index (χ1v) is 11.5. The number of imide groups is 1. The topological polar surface area (TPSA) is 125 Å². The number of nitrogens with zero attached hydrogens (tertiary/aromatic N) is 2. The molecule has 0 spiro atoms. The van der Waals surface area contributed by atoms with Crippen LogP contribution in [0.2, 0.25) is 0 Å². The van der Waals surface area contributed by atoms with Gasteiger partial charge in [0.05, 0.1) is 23.0 Å². The van der Waals surface area contributed by atoms with Crippen molar-refractivity contribution in [3.8, 4) is 11.5 Å². The summed E-state index contributed by atoms with van der Waals surface area (Å²) in [4.78, 5) is 48.3. The maximum absolute atomic E-state index is 12.7. The highest BCUT2D eigenvalue weighted by Crippen LogP contribution is 2.34. The van der Waals surface area contributed by atoms with Gasteiger partial charge >= 0.3 is 5.97 Å². The lowest BCUT2D eigenvalue weighted by molar-refractivity contribution is -0.384. The fourth-order valence-corrected chi connectivity index (χ4v) is 3.87. The van der Waals surface area contributed by atoms with Crippen molar-refractivity contribution in [3.63, 3.8) is 0 Å². The van der Waals surface area contributed by atoms with Gasteiger partial charge in [-0.25, -0.2) is 0 Å². The fraction of sp³-hybridized carbons (Fsp3) is 0.292. The number of hydrogen-bond donors (Lipinski definition) is 0. The molecule has 0 saturated carbocycles. The molecular formula is C24H24N2O8S. The maximum Gasteiger partial charge on any atom is 0.326 e. The van der Waals surface area contributed by atoms with Crippen molar-refractivity contribution in [2.45, 2.75) is 33.0 Å². The molecule has 2 aromatic rings. The van der Waals surface area contributed by atoms with Gasteiger partial charge in [-0.1, -0.05) is 13.0 Å². The fourth-order valence-electron chi connectivity index (χ4n) is 3.03. The third kappa shape index (κ3) is 6.60. The maximum atomic E-state index is 12.7. The van der Waals surface area contributed by atoms with Crippen LogP contribution in [0.5, 0.6) is 11.5 Å². The highest BCUT2D eigenvalue weighted by Gasteiger charge is 2.36. The quantitative estimate of drug-likeness (QED) is 0.200. The van der Waals surface area contributed by atoms with Gasteiger partial charge in [-0.2, -0.15) is 0 Å². The SMILES string of the molecule is CC[C@@H](C)OC(=O)CN1C(=O)S/C(=C/c2ccc(OCc3ccc([N+](=O)[O-])cc3)c(OC)c2)C1=O. The van der Waals surface area contributed by atoms with E-state index >= 15 is 0 Å². The van der Waals surface area contributed by atoms with E-state index in [0.717, 1.165) is 22.2 Å². The van der Waals surface area contributed by atoms with Crippen molar-refractivity contribution in [1.29, 1.82) is 0 Å². The molecular weight excluding hydrogens is 476 g/mol. The Kier molecular flexibility index (Phi) is 8.48. The molecule has 1 fully saturated rings. The molecule has 2 aromatic carbocycles. The monoisotopic (exact) mass is 500 g/mol. The molecule has 0 radical (unpaired) electrons. The van der Waals surface area contributed by atoms with E-state index in [-0.39, 0.29) is 23.3 Å². The van der Waals surface area contributed by atoms with E-state index in [0.29, 0.717) is 23.5 Å². The lowest BCUT2D eigenvalue weighted by Crippen LogP contribution is -2.35. The Morgan fingerprint density at radius 3 is 2.51 bits per heavy atom. The zero-order chi connectivity index (χ0) is 25.5. The second-order valence-electron chi connectivity index (χ2n) is 7.60. The lowest BCUT2D eigenvalue weighted by Gasteiger charge is -2.14. The normalized spacial score (nSPS) is 15.3. The number of non-ortho nitro benzene ring substituents is 1. The molecule has 1 aliphatic heterocycles. The molecule has 1 atom stereocenters. The number of esters is 1. The standard InChI is InChI=1S/C24H24N2O8S/c1-4-15(2)34-22(27)13-25-23(28)21(35-24(25)29)12-17-7-10-19(20(11-17)32-3)33-14-16-5-8-18(9-6-16)26(30)31/h5-12,15H,4,13-14H2,1-3H3/b21-12+/t15-/m1/s1. The summed E-state index contributed by atoms with van der Waals surface area (Å²) in [5, 5.41) is 10.2. The number of hydrogen-bond acceptors (Lipinski definition) is 9. The minimum Gasteiger partial charge on any atom is -0.493 e. The summed E-state index contributed by atoms with van der Waals surface area (Å²) in [7, 11) is 1.47. The number of methoxy groups -OCH3 is 1. The molecule has 1 aliphatic rings. The second-order valence-corrected chi connectivity index (χ2v) is 8.59. The number of ether oxygens (including phenoxy) is 3. The number of rotatable bonds is 10. The predicted molar refractivity (Wildman–Crippen MR) is 129 cm³/mol. The van der Waals surface area contributed by atoms with Crippen molar-refractivity contribution in [3.05, 3.63) is 68.6 Å². The Morgan fingerprint density at radius 1 is 1.17 bits per heavy atom. The average molecular weight is 501 g/mol. The zero-order valence-electron chi connectivity index (χ0n) is 19.4. The van der Waals surface area contributed by atoms with Crippen LogP contribution in [0.15, 0.2) is 47.4 Å². The number of nitro benzene ring substituents is 1. The van der Waals surface area contributed by atoms with Crippen LogP contribution in [0.1, 0.15) is 31.4 Å². The van der Waals surface area contributed by atoms with Crippen molar-refractivity contribution in [2.24, 2.45) is 0 Å². The molecule has 0 bridgehead atoms. The van der Waals surface area contributed by atoms with Crippen LogP contribution >= 0.6 is 11.8 Å². The minimum absolute atomic E-state index is 0.00694. The Morgan fingerprint density at radius 2 is 1.89 bits per heavy atom. The number of carbonyl (C=O) groups is 3. The van der Waals surface area contributed by atoms with Gasteiger partial charge in [-0.15, -0.1) is 0 Å². The lowest BCUT2D eigenvalue weighted by atomic mass is 10.1. The molecule has 35 heavy (non-hydrogen) atoms. The molecule has 0 N–H and O–H groups in total. The van der Waals surface area contributed by atoms with Crippen molar-refractivity contribution in [1.82, 2.24) is 4.90 Å². The van der Waals surface area contributed by atoms with Gasteiger partial charge < -0.3 is 14.2 Å². The first kappa shape index (κ1) is 25.8. The molecule has 1 saturated heterocycles. The second kappa shape index (κ2) is 11.5. The number of carbonyl (C=O) groups excluding carboxylic acids is 3. The van der Waals surface area contributed by atoms with Gasteiger partial charge in [-0.05, 0) is 66.6 Å². The van der Waals surface area contributed by atoms with E-state index in [9.17, 15) is 24.5 Å². The predicted octanol–water partition coefficient (Wildman–Crippen LogP) is 4.56. The van der Waals surface area contributed by atoms with E-state index in [2.05, 4.69) is 0 Å². The van der Waals surface area contributed by atoms with Crippen LogP contribution in [-0.4, -0.2) is 46.7 Å². The molecule has 0 unspecified atom stereocenters. The van der Waals surface area contributed by atoms with Crippen LogP contribution in [0, 0.1) is 10.1 Å². The summed E-state index contributed by atoms with van der Waals surface area (Å²) in [5.41, 5.74) is 1.33. The minimum atomic E-state index is -0.640. The highest BCUT2D eigenvalue weighted by molar-refractivity contribution is 8.18. The van der Waals surface area contributed by atoms with E-state index < -0.39 is 28.6 Å². The van der Waals surface area contributed by atoms with E-state index in [4.69, 9.17) is 14.2 Å². The molecule has 1 heterocycles. The average Bonchev–Trinajstić information content (AvgIpc) is 3.10. The summed E-state index contributed by atoms with van der Waals surface area (Å²) >= 11 is 0.742. The molecule has 0 aliphatic carbocycles. The molecule has 0 aromatic heterocycles. The zero-order valence-corrected chi connectivity index (χ0v) is 20.2. The van der Waals surface area contributed by atoms with Crippen LogP contribution in [0.4, 0.5) is 10.5 Å². The van der Waals surface area contributed by atoms with Crippen molar-refractivity contribution >= 4 is 40.6 Å². The van der Waals surface area contributed by atoms with Crippen LogP contribution < -0.4 is 9.47 Å². The van der Waals surface area contributed by atoms with Crippen LogP contribution in [0.3, 0.4) is 0 Å². The molecule has 3 rings (SSSR count). The van der Waals surface area contributed by atoms with E-state index in [1.165, 1.54) is 25.3 Å². The van der Waals surface area contributed by atoms with Gasteiger partial charge in [0.1, 0.15) is 13.2 Å². The summed E-state index contributed by atoms with van der Waals surface area (Å²) in [6.45, 7) is 3.32. The number of nitro groups is 1. The first-order chi connectivity index (χ1) is 16.7. The third-order valence-corrected chi connectivity index (χ3v) is 6.00.